The van der Waals surface area contributed by atoms with Gasteiger partial charge < -0.3 is 101 Å². The average molecular weight is 2110 g/mol. The molecule has 16 heteroatoms. The van der Waals surface area contributed by atoms with Crippen LogP contribution >= 0.6 is 0 Å². The van der Waals surface area contributed by atoms with Gasteiger partial charge in [-0.25, -0.2) is 0 Å². The van der Waals surface area contributed by atoms with E-state index >= 15 is 0 Å². The Balaban J connectivity index is 0.000000311. The Bertz CT molecular complexity index is 4690. The van der Waals surface area contributed by atoms with E-state index < -0.39 is 0 Å². The number of guanidine groups is 2. The van der Waals surface area contributed by atoms with Crippen molar-refractivity contribution >= 4 is 108 Å². The number of para-hydroxylation sites is 8. The number of hydrogen-bond acceptors (Lipinski definition) is 10. The number of benzene rings is 12. The Kier molecular flexibility index (Phi) is 51.3. The van der Waals surface area contributed by atoms with E-state index in [0.29, 0.717) is 96.5 Å². The monoisotopic (exact) mass is 2110 g/mol. The molecular weight excluding hydrogens is 1960 g/mol. The maximum Gasteiger partial charge on any atom is 3.00 e. The smallest absolute Gasteiger partial charge is 0.788 e. The van der Waals surface area contributed by atoms with Gasteiger partial charge in [0.05, 0.1) is 0 Å². The van der Waals surface area contributed by atoms with E-state index in [4.69, 9.17) is 71.1 Å². The van der Waals surface area contributed by atoms with Crippen LogP contribution in [0, 0.1) is 76.3 Å². The van der Waals surface area contributed by atoms with Gasteiger partial charge in [-0.05, 0) is 210 Å². The molecule has 12 aromatic carbocycles. The van der Waals surface area contributed by atoms with Crippen molar-refractivity contribution in [3.8, 4) is 0 Å². The molecule has 0 N–H and O–H groups in total. The second kappa shape index (κ2) is 59.2. The van der Waals surface area contributed by atoms with Crippen molar-refractivity contribution in [3.63, 3.8) is 0 Å². The van der Waals surface area contributed by atoms with Gasteiger partial charge in [-0.15, -0.1) is 23.0 Å². The van der Waals surface area contributed by atoms with Gasteiger partial charge in [0.25, 0.3) is 0 Å². The molecule has 0 unspecified atom stereocenters. The van der Waals surface area contributed by atoms with E-state index in [1.165, 1.54) is 112 Å². The van der Waals surface area contributed by atoms with E-state index in [9.17, 15) is 0 Å². The second-order valence-electron chi connectivity index (χ2n) is 35.7. The normalized spacial score (nSPS) is 11.1. The summed E-state index contributed by atoms with van der Waals surface area (Å²) in [6, 6.07) is 102. The molecule has 0 aliphatic heterocycles. The molecular formula is C114H144Dy2N10S4. The fourth-order valence-electron chi connectivity index (χ4n) is 15.2. The van der Waals surface area contributed by atoms with Crippen molar-refractivity contribution in [3.05, 3.63) is 391 Å². The average Bonchev–Trinajstić information content (AvgIpc) is 0.792. The summed E-state index contributed by atoms with van der Waals surface area (Å²) in [5.74, 6) is 7.01. The van der Waals surface area contributed by atoms with Crippen LogP contribution in [-0.4, -0.2) is 78.1 Å². The van der Waals surface area contributed by atoms with Crippen molar-refractivity contribution in [2.75, 3.05) is 76.0 Å². The third-order valence-electron chi connectivity index (χ3n) is 22.2. The van der Waals surface area contributed by atoms with Gasteiger partial charge in [-0.1, -0.05) is 378 Å². The van der Waals surface area contributed by atoms with E-state index in [-0.39, 0.29) is 76.3 Å². The molecule has 0 saturated carbocycles. The zero-order valence-corrected chi connectivity index (χ0v) is 89.1. The number of aliphatic imine (C=N–C) groups is 2. The van der Waals surface area contributed by atoms with E-state index in [2.05, 4.69) is 383 Å². The molecule has 0 bridgehead atoms. The van der Waals surface area contributed by atoms with Crippen molar-refractivity contribution in [2.24, 2.45) is 9.98 Å². The largest absolute Gasteiger partial charge is 3.00 e. The fourth-order valence-corrected chi connectivity index (χ4v) is 16.2. The minimum Gasteiger partial charge on any atom is -0.788 e. The molecule has 12 rings (SSSR count). The molecule has 0 aliphatic carbocycles. The maximum absolute atomic E-state index is 5.57. The summed E-state index contributed by atoms with van der Waals surface area (Å²) in [7, 11) is 16.3. The van der Waals surface area contributed by atoms with Gasteiger partial charge >= 0.3 is 76.3 Å². The van der Waals surface area contributed by atoms with Gasteiger partial charge in [0.1, 0.15) is 0 Å². The van der Waals surface area contributed by atoms with Crippen molar-refractivity contribution in [1.82, 2.24) is 9.80 Å². The van der Waals surface area contributed by atoms with Gasteiger partial charge in [-0.2, -0.15) is 0 Å². The first-order valence-corrected chi connectivity index (χ1v) is 47.7. The van der Waals surface area contributed by atoms with Crippen LogP contribution in [0.25, 0.3) is 10.6 Å². The van der Waals surface area contributed by atoms with Gasteiger partial charge in [0.15, 0.2) is 0 Å². The molecule has 694 valence electrons. The van der Waals surface area contributed by atoms with Crippen LogP contribution in [0.1, 0.15) is 247 Å². The molecule has 0 atom stereocenters. The molecule has 0 heterocycles. The summed E-state index contributed by atoms with van der Waals surface area (Å²) in [6.07, 6.45) is 0. The molecule has 12 aromatic rings. The Hall–Kier alpha value is -7.67. The third kappa shape index (κ3) is 35.3. The molecule has 0 saturated heterocycles. The quantitative estimate of drug-likeness (QED) is 0.0269. The van der Waals surface area contributed by atoms with Gasteiger partial charge in [0.2, 0.25) is 0 Å². The first-order chi connectivity index (χ1) is 61.3. The van der Waals surface area contributed by atoms with Crippen LogP contribution < -0.4 is 19.6 Å². The summed E-state index contributed by atoms with van der Waals surface area (Å²) >= 11 is 20.0. The van der Waals surface area contributed by atoms with Crippen LogP contribution in [0.15, 0.2) is 301 Å². The van der Waals surface area contributed by atoms with Crippen LogP contribution in [0.5, 0.6) is 0 Å². The number of hydrogen-bond donors (Lipinski definition) is 0. The first kappa shape index (κ1) is 113. The van der Waals surface area contributed by atoms with E-state index in [1.54, 1.807) is 0 Å². The Morgan fingerprint density at radius 3 is 0.562 bits per heavy atom. The molecule has 130 heavy (non-hydrogen) atoms. The van der Waals surface area contributed by atoms with Crippen LogP contribution in [0.3, 0.4) is 0 Å². The van der Waals surface area contributed by atoms with Gasteiger partial charge in [0, 0.05) is 91.1 Å². The Labute approximate surface area is 869 Å². The topological polar surface area (TPSA) is 72.4 Å². The fraction of sp³-hybridized carbons (Fsp3) is 0.351. The minimum atomic E-state index is 0. The molecule has 0 aliphatic rings. The number of anilines is 4. The molecule has 0 aromatic heterocycles. The molecule has 2 radical (unpaired) electrons. The minimum absolute atomic E-state index is 0. The molecule has 10 nitrogen and oxygen atoms in total. The molecule has 0 amide bonds. The second-order valence-corrected chi connectivity index (χ2v) is 36.9. The third-order valence-corrected chi connectivity index (χ3v) is 23.4. The van der Waals surface area contributed by atoms with Gasteiger partial charge in [-0.3, -0.25) is 0 Å². The van der Waals surface area contributed by atoms with E-state index in [1.807, 2.05) is 105 Å². The summed E-state index contributed by atoms with van der Waals surface area (Å²) in [5.41, 5.74) is 29.0. The van der Waals surface area contributed by atoms with Crippen molar-refractivity contribution in [1.29, 1.82) is 0 Å². The number of nitrogens with zero attached hydrogens (tertiary/aromatic N) is 10. The Morgan fingerprint density at radius 2 is 0.400 bits per heavy atom. The Morgan fingerprint density at radius 1 is 0.231 bits per heavy atom. The standard InChI is InChI=1S/2C39H48N3.4C9H13NS.2Dy/c2*1-27(2)33-21-15-22-34(28(3)4)37(33)40-39(41-38-35(29(5)6)23-16-24-36(38)30(7)8)42(25-31-17-11-9-12-18-31)26-32-19-13-10-14-20-32;4*1-10(2)9-6-4-3-5-8(9)7-11;;/h2*9-24,27-30H,25-26H2,1-8H3;4*3-6,11H,7H2,1-2H3;;/q2*-1;;;;;2*+3/p-4. The molecule has 0 fully saturated rings. The maximum atomic E-state index is 5.57. The SMILES string of the molecule is CC(C)c1cccc(C(C)C)c1N=C([N-]c1c(C(C)C)cccc1C(C)C)N(Cc1ccccc1)Cc1ccccc1.CC(C)c1cccc(C(C)C)c1N=C([N-]c1c(C(C)C)cccc1C(C)C)N(Cc1ccccc1)Cc1ccccc1.CN(C)c1ccccc1C[S-].CN(C)c1ccccc1C[S-].CN(C)c1ccccc1C[S-].CN(C)c1ccccc1C[S-].[Dy+3].[Dy+3]. The number of rotatable bonds is 28. The van der Waals surface area contributed by atoms with Crippen LogP contribution in [0.2, 0.25) is 0 Å². The zero-order chi connectivity index (χ0) is 93.5. The molecule has 0 spiro atoms. The van der Waals surface area contributed by atoms with Crippen LogP contribution in [0.4, 0.5) is 45.5 Å². The zero-order valence-electron chi connectivity index (χ0n) is 81.7. The summed E-state index contributed by atoms with van der Waals surface area (Å²) in [5, 5.41) is 11.1. The summed E-state index contributed by atoms with van der Waals surface area (Å²) in [4.78, 5) is 24.2. The van der Waals surface area contributed by atoms with E-state index in [0.717, 1.165) is 34.7 Å². The summed E-state index contributed by atoms with van der Waals surface area (Å²) < 4.78 is 0. The predicted molar refractivity (Wildman–Crippen MR) is 570 cm³/mol. The van der Waals surface area contributed by atoms with Crippen molar-refractivity contribution < 1.29 is 76.3 Å². The predicted octanol–water partition coefficient (Wildman–Crippen LogP) is 30.3. The van der Waals surface area contributed by atoms with Crippen molar-refractivity contribution in [2.45, 2.75) is 207 Å². The summed E-state index contributed by atoms with van der Waals surface area (Å²) in [6.45, 7) is 38.9. The van der Waals surface area contributed by atoms with Crippen LogP contribution in [-0.2, 0) is 99.7 Å². The first-order valence-electron chi connectivity index (χ1n) is 45.4.